The lowest BCUT2D eigenvalue weighted by atomic mass is 9.98. The number of halogens is 1. The molecule has 20 heavy (non-hydrogen) atoms. The number of rotatable bonds is 1. The van der Waals surface area contributed by atoms with Crippen molar-refractivity contribution in [1.29, 1.82) is 0 Å². The van der Waals surface area contributed by atoms with Crippen LogP contribution >= 0.6 is 11.6 Å². The smallest absolute Gasteiger partial charge is 0.287 e. The lowest BCUT2D eigenvalue weighted by molar-refractivity contribution is 0.686. The van der Waals surface area contributed by atoms with Gasteiger partial charge in [-0.25, -0.2) is 4.68 Å². The van der Waals surface area contributed by atoms with Crippen LogP contribution in [0.3, 0.4) is 0 Å². The van der Waals surface area contributed by atoms with E-state index in [4.69, 9.17) is 17.3 Å². The molecule has 1 aromatic carbocycles. The first-order valence-electron chi connectivity index (χ1n) is 6.41. The van der Waals surface area contributed by atoms with Crippen molar-refractivity contribution in [3.8, 4) is 0 Å². The van der Waals surface area contributed by atoms with Gasteiger partial charge in [0.1, 0.15) is 5.02 Å². The Bertz CT molecular complexity index is 726. The van der Waals surface area contributed by atoms with Crippen molar-refractivity contribution >= 4 is 23.0 Å². The lowest BCUT2D eigenvalue weighted by Gasteiger charge is -2.31. The van der Waals surface area contributed by atoms with Gasteiger partial charge < -0.3 is 10.6 Å². The molecule has 0 amide bonds. The van der Waals surface area contributed by atoms with Gasteiger partial charge >= 0.3 is 0 Å². The molecule has 0 radical (unpaired) electrons. The summed E-state index contributed by atoms with van der Waals surface area (Å²) in [6.45, 7) is 1.45. The molecule has 5 nitrogen and oxygen atoms in total. The number of fused-ring (bicyclic) bond motifs is 1. The van der Waals surface area contributed by atoms with E-state index in [1.165, 1.54) is 10.2 Å². The van der Waals surface area contributed by atoms with E-state index in [1.54, 1.807) is 13.2 Å². The first-order chi connectivity index (χ1) is 9.58. The van der Waals surface area contributed by atoms with Crippen molar-refractivity contribution < 1.29 is 0 Å². The fraction of sp³-hybridized carbons (Fsp3) is 0.286. The van der Waals surface area contributed by atoms with Crippen LogP contribution in [-0.2, 0) is 20.0 Å². The molecule has 0 bridgehead atoms. The zero-order valence-electron chi connectivity index (χ0n) is 11.1. The van der Waals surface area contributed by atoms with Crippen molar-refractivity contribution in [1.82, 2.24) is 9.78 Å². The summed E-state index contributed by atoms with van der Waals surface area (Å²) in [4.78, 5) is 13.9. The lowest BCUT2D eigenvalue weighted by Crippen LogP contribution is -2.33. The number of anilines is 2. The van der Waals surface area contributed by atoms with Crippen LogP contribution in [0.2, 0.25) is 5.02 Å². The van der Waals surface area contributed by atoms with Crippen molar-refractivity contribution in [2.45, 2.75) is 13.0 Å². The van der Waals surface area contributed by atoms with Crippen LogP contribution in [0.5, 0.6) is 0 Å². The van der Waals surface area contributed by atoms with Gasteiger partial charge in [0.05, 0.1) is 11.9 Å². The van der Waals surface area contributed by atoms with E-state index in [2.05, 4.69) is 16.1 Å². The molecule has 3 rings (SSSR count). The van der Waals surface area contributed by atoms with E-state index in [9.17, 15) is 4.79 Å². The molecule has 0 unspecified atom stereocenters. The molecule has 0 spiro atoms. The predicted octanol–water partition coefficient (Wildman–Crippen LogP) is 1.58. The molecule has 1 aliphatic rings. The summed E-state index contributed by atoms with van der Waals surface area (Å²) in [7, 11) is 1.58. The summed E-state index contributed by atoms with van der Waals surface area (Å²) in [5.41, 5.74) is 9.56. The average molecular weight is 291 g/mol. The third-order valence-corrected chi connectivity index (χ3v) is 4.07. The van der Waals surface area contributed by atoms with Gasteiger partial charge in [-0.3, -0.25) is 4.79 Å². The Balaban J connectivity index is 2.01. The van der Waals surface area contributed by atoms with Gasteiger partial charge in [0.2, 0.25) is 0 Å². The number of aryl methyl sites for hydroxylation is 1. The number of hydrogen-bond acceptors (Lipinski definition) is 4. The molecule has 0 fully saturated rings. The molecule has 2 N–H and O–H groups in total. The van der Waals surface area contributed by atoms with Crippen molar-refractivity contribution in [2.24, 2.45) is 7.05 Å². The average Bonchev–Trinajstić information content (AvgIpc) is 2.45. The van der Waals surface area contributed by atoms with Gasteiger partial charge in [0.15, 0.2) is 0 Å². The predicted molar refractivity (Wildman–Crippen MR) is 80.1 cm³/mol. The van der Waals surface area contributed by atoms with Crippen LogP contribution in [0.4, 0.5) is 11.4 Å². The third kappa shape index (κ3) is 2.04. The van der Waals surface area contributed by atoms with Gasteiger partial charge in [-0.1, -0.05) is 23.7 Å². The van der Waals surface area contributed by atoms with Crippen LogP contribution in [0.15, 0.2) is 29.2 Å². The molecule has 104 valence electrons. The topological polar surface area (TPSA) is 64.2 Å². The number of nitrogens with two attached hydrogens (primary N) is 1. The highest BCUT2D eigenvalue weighted by molar-refractivity contribution is 6.33. The fourth-order valence-corrected chi connectivity index (χ4v) is 2.83. The molecule has 0 saturated heterocycles. The van der Waals surface area contributed by atoms with E-state index in [-0.39, 0.29) is 10.6 Å². The molecular weight excluding hydrogens is 276 g/mol. The Morgan fingerprint density at radius 1 is 1.40 bits per heavy atom. The van der Waals surface area contributed by atoms with Gasteiger partial charge in [-0.2, -0.15) is 5.10 Å². The quantitative estimate of drug-likeness (QED) is 0.810. The number of hydrogen-bond donors (Lipinski definition) is 1. The SMILES string of the molecule is Cn1ncc(N2CCc3cccc(N)c3C2)c(Cl)c1=O. The van der Waals surface area contributed by atoms with E-state index < -0.39 is 0 Å². The third-order valence-electron chi connectivity index (χ3n) is 3.71. The first-order valence-corrected chi connectivity index (χ1v) is 6.78. The molecule has 0 saturated carbocycles. The fourth-order valence-electron chi connectivity index (χ4n) is 2.54. The summed E-state index contributed by atoms with van der Waals surface area (Å²) in [5, 5.41) is 4.25. The molecule has 1 aliphatic heterocycles. The Morgan fingerprint density at radius 2 is 2.20 bits per heavy atom. The molecule has 2 aromatic rings. The van der Waals surface area contributed by atoms with E-state index >= 15 is 0 Å². The second-order valence-electron chi connectivity index (χ2n) is 4.93. The minimum Gasteiger partial charge on any atom is -0.398 e. The standard InChI is InChI=1S/C14H15ClN4O/c1-18-14(20)13(15)12(7-17-18)19-6-5-9-3-2-4-11(16)10(9)8-19/h2-4,7H,5-6,8,16H2,1H3. The molecule has 1 aromatic heterocycles. The first kappa shape index (κ1) is 13.0. The number of aromatic nitrogens is 2. The van der Waals surface area contributed by atoms with Gasteiger partial charge in [-0.05, 0) is 23.6 Å². The minimum atomic E-state index is -0.281. The maximum atomic E-state index is 11.9. The Morgan fingerprint density at radius 3 is 3.00 bits per heavy atom. The monoisotopic (exact) mass is 290 g/mol. The number of nitrogen functional groups attached to an aromatic ring is 1. The molecule has 2 heterocycles. The van der Waals surface area contributed by atoms with Crippen LogP contribution in [-0.4, -0.2) is 16.3 Å². The van der Waals surface area contributed by atoms with Crippen LogP contribution in [0, 0.1) is 0 Å². The highest BCUT2D eigenvalue weighted by atomic mass is 35.5. The minimum absolute atomic E-state index is 0.209. The van der Waals surface area contributed by atoms with Crippen molar-refractivity contribution in [3.05, 3.63) is 50.9 Å². The van der Waals surface area contributed by atoms with E-state index in [0.717, 1.165) is 24.2 Å². The summed E-state index contributed by atoms with van der Waals surface area (Å²) >= 11 is 6.15. The van der Waals surface area contributed by atoms with Crippen LogP contribution < -0.4 is 16.2 Å². The summed E-state index contributed by atoms with van der Waals surface area (Å²) < 4.78 is 1.23. The maximum absolute atomic E-state index is 11.9. The Hall–Kier alpha value is -2.01. The summed E-state index contributed by atoms with van der Waals surface area (Å²) in [6.07, 6.45) is 2.51. The van der Waals surface area contributed by atoms with Gasteiger partial charge in [0, 0.05) is 25.8 Å². The summed E-state index contributed by atoms with van der Waals surface area (Å²) in [6, 6.07) is 5.95. The van der Waals surface area contributed by atoms with E-state index in [1.807, 2.05) is 12.1 Å². The van der Waals surface area contributed by atoms with Gasteiger partial charge in [-0.15, -0.1) is 0 Å². The van der Waals surface area contributed by atoms with Gasteiger partial charge in [0.25, 0.3) is 5.56 Å². The largest absolute Gasteiger partial charge is 0.398 e. The molecule has 6 heteroatoms. The number of nitrogens with zero attached hydrogens (tertiary/aromatic N) is 3. The highest BCUT2D eigenvalue weighted by Gasteiger charge is 2.21. The van der Waals surface area contributed by atoms with Crippen molar-refractivity contribution in [2.75, 3.05) is 17.2 Å². The Kier molecular flexibility index (Phi) is 3.14. The van der Waals surface area contributed by atoms with Crippen molar-refractivity contribution in [3.63, 3.8) is 0 Å². The Labute approximate surface area is 121 Å². The molecular formula is C14H15ClN4O. The zero-order valence-corrected chi connectivity index (χ0v) is 11.9. The summed E-state index contributed by atoms with van der Waals surface area (Å²) in [5.74, 6) is 0. The second kappa shape index (κ2) is 4.83. The second-order valence-corrected chi connectivity index (χ2v) is 5.31. The van der Waals surface area contributed by atoms with E-state index in [0.29, 0.717) is 12.2 Å². The molecule has 0 atom stereocenters. The maximum Gasteiger partial charge on any atom is 0.287 e. The number of benzene rings is 1. The highest BCUT2D eigenvalue weighted by Crippen LogP contribution is 2.30. The van der Waals surface area contributed by atoms with Crippen LogP contribution in [0.1, 0.15) is 11.1 Å². The molecule has 0 aliphatic carbocycles. The zero-order chi connectivity index (χ0) is 14.3. The normalized spacial score (nSPS) is 14.2. The van der Waals surface area contributed by atoms with Crippen LogP contribution in [0.25, 0.3) is 0 Å².